The fourth-order valence-corrected chi connectivity index (χ4v) is 3.42. The SMILES string of the molecule is CC1CN(Cc2ccc(F)cc2)CCN1C(=O)C=Cc1cccc(Cl)c1. The zero-order valence-corrected chi connectivity index (χ0v) is 15.5. The van der Waals surface area contributed by atoms with Crippen molar-refractivity contribution in [2.45, 2.75) is 19.5 Å². The van der Waals surface area contributed by atoms with E-state index in [1.807, 2.05) is 41.3 Å². The molecule has 3 nitrogen and oxygen atoms in total. The zero-order valence-electron chi connectivity index (χ0n) is 14.7. The number of carbonyl (C=O) groups excluding carboxylic acids is 1. The van der Waals surface area contributed by atoms with Crippen LogP contribution >= 0.6 is 11.6 Å². The van der Waals surface area contributed by atoms with E-state index in [4.69, 9.17) is 11.6 Å². The molecule has 0 spiro atoms. The molecule has 0 saturated carbocycles. The fraction of sp³-hybridized carbons (Fsp3) is 0.286. The summed E-state index contributed by atoms with van der Waals surface area (Å²) in [6.45, 7) is 5.11. The summed E-state index contributed by atoms with van der Waals surface area (Å²) in [6, 6.07) is 14.1. The molecule has 1 aliphatic heterocycles. The van der Waals surface area contributed by atoms with Gasteiger partial charge in [0.15, 0.2) is 0 Å². The third-order valence-electron chi connectivity index (χ3n) is 4.58. The zero-order chi connectivity index (χ0) is 18.5. The summed E-state index contributed by atoms with van der Waals surface area (Å²) in [6.07, 6.45) is 3.41. The van der Waals surface area contributed by atoms with Crippen LogP contribution in [0.25, 0.3) is 6.08 Å². The second-order valence-corrected chi connectivity index (χ2v) is 7.07. The minimum atomic E-state index is -0.218. The number of nitrogens with zero attached hydrogens (tertiary/aromatic N) is 2. The number of carbonyl (C=O) groups is 1. The first-order chi connectivity index (χ1) is 12.5. The van der Waals surface area contributed by atoms with Gasteiger partial charge in [0.1, 0.15) is 5.82 Å². The van der Waals surface area contributed by atoms with Crippen LogP contribution in [0, 0.1) is 5.82 Å². The molecule has 1 atom stereocenters. The molecule has 1 fully saturated rings. The molecule has 1 unspecified atom stereocenters. The second kappa shape index (κ2) is 8.47. The highest BCUT2D eigenvalue weighted by molar-refractivity contribution is 6.30. The van der Waals surface area contributed by atoms with Gasteiger partial charge < -0.3 is 4.90 Å². The van der Waals surface area contributed by atoms with Crippen molar-refractivity contribution in [3.63, 3.8) is 0 Å². The van der Waals surface area contributed by atoms with E-state index >= 15 is 0 Å². The van der Waals surface area contributed by atoms with Gasteiger partial charge in [-0.1, -0.05) is 35.9 Å². The van der Waals surface area contributed by atoms with E-state index in [9.17, 15) is 9.18 Å². The molecule has 3 rings (SSSR count). The molecule has 136 valence electrons. The third kappa shape index (κ3) is 4.93. The summed E-state index contributed by atoms with van der Waals surface area (Å²) in [5, 5.41) is 0.655. The Morgan fingerprint density at radius 1 is 1.23 bits per heavy atom. The van der Waals surface area contributed by atoms with E-state index in [1.165, 1.54) is 12.1 Å². The molecule has 1 heterocycles. The van der Waals surface area contributed by atoms with E-state index in [2.05, 4.69) is 11.8 Å². The summed E-state index contributed by atoms with van der Waals surface area (Å²) in [4.78, 5) is 16.7. The summed E-state index contributed by atoms with van der Waals surface area (Å²) in [7, 11) is 0. The molecule has 2 aromatic rings. The molecular formula is C21H22ClFN2O. The molecule has 0 bridgehead atoms. The van der Waals surface area contributed by atoms with Crippen molar-refractivity contribution in [3.8, 4) is 0 Å². The second-order valence-electron chi connectivity index (χ2n) is 6.63. The van der Waals surface area contributed by atoms with Crippen LogP contribution in [0.5, 0.6) is 0 Å². The lowest BCUT2D eigenvalue weighted by molar-refractivity contribution is -0.130. The van der Waals surface area contributed by atoms with Crippen molar-refractivity contribution in [1.29, 1.82) is 0 Å². The Kier molecular flexibility index (Phi) is 6.07. The first kappa shape index (κ1) is 18.6. The van der Waals surface area contributed by atoms with Crippen molar-refractivity contribution in [2.24, 2.45) is 0 Å². The van der Waals surface area contributed by atoms with Crippen LogP contribution in [0.1, 0.15) is 18.1 Å². The van der Waals surface area contributed by atoms with Crippen LogP contribution in [-0.4, -0.2) is 41.4 Å². The molecule has 0 aliphatic carbocycles. The lowest BCUT2D eigenvalue weighted by atomic mass is 10.1. The normalized spacial score (nSPS) is 18.4. The van der Waals surface area contributed by atoms with Crippen LogP contribution in [0.15, 0.2) is 54.6 Å². The topological polar surface area (TPSA) is 23.6 Å². The van der Waals surface area contributed by atoms with Crippen LogP contribution in [0.2, 0.25) is 5.02 Å². The van der Waals surface area contributed by atoms with Crippen molar-refractivity contribution in [3.05, 3.63) is 76.6 Å². The Bertz CT molecular complexity index is 791. The molecule has 5 heteroatoms. The fourth-order valence-electron chi connectivity index (χ4n) is 3.23. The van der Waals surface area contributed by atoms with Crippen LogP contribution in [0.3, 0.4) is 0 Å². The molecule has 0 aromatic heterocycles. The summed E-state index contributed by atoms with van der Waals surface area (Å²) >= 11 is 5.97. The van der Waals surface area contributed by atoms with Gasteiger partial charge >= 0.3 is 0 Å². The van der Waals surface area contributed by atoms with E-state index in [0.29, 0.717) is 11.6 Å². The molecule has 0 radical (unpaired) electrons. The number of piperazine rings is 1. The summed E-state index contributed by atoms with van der Waals surface area (Å²) in [5.74, 6) is -0.206. The van der Waals surface area contributed by atoms with Crippen molar-refractivity contribution < 1.29 is 9.18 Å². The number of hydrogen-bond acceptors (Lipinski definition) is 2. The van der Waals surface area contributed by atoms with E-state index in [1.54, 1.807) is 12.2 Å². The maximum Gasteiger partial charge on any atom is 0.246 e. The lowest BCUT2D eigenvalue weighted by Crippen LogP contribution is -2.53. The van der Waals surface area contributed by atoms with Gasteiger partial charge in [-0.15, -0.1) is 0 Å². The molecular weight excluding hydrogens is 351 g/mol. The van der Waals surface area contributed by atoms with Crippen molar-refractivity contribution in [2.75, 3.05) is 19.6 Å². The average Bonchev–Trinajstić information content (AvgIpc) is 2.62. The number of rotatable bonds is 4. The minimum absolute atomic E-state index is 0.0129. The van der Waals surface area contributed by atoms with Crippen LogP contribution < -0.4 is 0 Å². The Morgan fingerprint density at radius 3 is 2.69 bits per heavy atom. The monoisotopic (exact) mass is 372 g/mol. The van der Waals surface area contributed by atoms with Crippen molar-refractivity contribution >= 4 is 23.6 Å². The standard InChI is InChI=1S/C21H22ClFN2O/c1-16-14-24(15-18-5-8-20(23)9-6-18)11-12-25(16)21(26)10-7-17-3-2-4-19(22)13-17/h2-10,13,16H,11-12,14-15H2,1H3. The van der Waals surface area contributed by atoms with Crippen LogP contribution in [0.4, 0.5) is 4.39 Å². The quantitative estimate of drug-likeness (QED) is 0.750. The minimum Gasteiger partial charge on any atom is -0.334 e. The smallest absolute Gasteiger partial charge is 0.246 e. The molecule has 2 aromatic carbocycles. The van der Waals surface area contributed by atoms with E-state index < -0.39 is 0 Å². The number of halogens is 2. The predicted molar refractivity (Wildman–Crippen MR) is 103 cm³/mol. The first-order valence-electron chi connectivity index (χ1n) is 8.72. The van der Waals surface area contributed by atoms with Gasteiger partial charge in [-0.3, -0.25) is 9.69 Å². The van der Waals surface area contributed by atoms with Gasteiger partial charge in [-0.25, -0.2) is 4.39 Å². The van der Waals surface area contributed by atoms with Gasteiger partial charge in [-0.2, -0.15) is 0 Å². The van der Waals surface area contributed by atoms with Crippen LogP contribution in [-0.2, 0) is 11.3 Å². The summed E-state index contributed by atoms with van der Waals surface area (Å²) < 4.78 is 13.0. The Balaban J connectivity index is 1.56. The van der Waals surface area contributed by atoms with E-state index in [0.717, 1.165) is 30.8 Å². The average molecular weight is 373 g/mol. The number of hydrogen-bond donors (Lipinski definition) is 0. The molecule has 1 aliphatic rings. The molecule has 1 saturated heterocycles. The largest absolute Gasteiger partial charge is 0.334 e. The van der Waals surface area contributed by atoms with Gasteiger partial charge in [0.05, 0.1) is 0 Å². The number of benzene rings is 2. The van der Waals surface area contributed by atoms with Gasteiger partial charge in [0.25, 0.3) is 0 Å². The highest BCUT2D eigenvalue weighted by Crippen LogP contribution is 2.16. The maximum atomic E-state index is 13.0. The highest BCUT2D eigenvalue weighted by atomic mass is 35.5. The molecule has 0 N–H and O–H groups in total. The lowest BCUT2D eigenvalue weighted by Gasteiger charge is -2.39. The molecule has 1 amide bonds. The first-order valence-corrected chi connectivity index (χ1v) is 9.10. The number of amides is 1. The highest BCUT2D eigenvalue weighted by Gasteiger charge is 2.26. The van der Waals surface area contributed by atoms with Gasteiger partial charge in [0.2, 0.25) is 5.91 Å². The Morgan fingerprint density at radius 2 is 2.00 bits per heavy atom. The summed E-state index contributed by atoms with van der Waals surface area (Å²) in [5.41, 5.74) is 1.99. The van der Waals surface area contributed by atoms with Crippen molar-refractivity contribution in [1.82, 2.24) is 9.80 Å². The van der Waals surface area contributed by atoms with Gasteiger partial charge in [-0.05, 0) is 48.4 Å². The Hall–Kier alpha value is -2.17. The molecule has 26 heavy (non-hydrogen) atoms. The Labute approximate surface area is 158 Å². The maximum absolute atomic E-state index is 13.0. The van der Waals surface area contributed by atoms with Gasteiger partial charge in [0, 0.05) is 43.3 Å². The predicted octanol–water partition coefficient (Wildman–Crippen LogP) is 4.23. The third-order valence-corrected chi connectivity index (χ3v) is 4.82. The van der Waals surface area contributed by atoms with E-state index in [-0.39, 0.29) is 17.8 Å².